The van der Waals surface area contributed by atoms with Crippen LogP contribution in [0.1, 0.15) is 0 Å². The first kappa shape index (κ1) is 29.7. The minimum Gasteiger partial charge on any atom is -0.378 e. The van der Waals surface area contributed by atoms with E-state index in [2.05, 4.69) is 0 Å². The zero-order chi connectivity index (χ0) is 26.3. The molecule has 1 saturated heterocycles. The Bertz CT molecular complexity index is 1010. The molecule has 0 spiro atoms. The van der Waals surface area contributed by atoms with Gasteiger partial charge in [-0.25, -0.2) is 8.42 Å². The van der Waals surface area contributed by atoms with Crippen LogP contribution < -0.4 is 4.90 Å². The summed E-state index contributed by atoms with van der Waals surface area (Å²) in [5.74, 6) is 0. The van der Waals surface area contributed by atoms with Gasteiger partial charge in [-0.1, -0.05) is 24.3 Å². The molecule has 0 aromatic heterocycles. The molecule has 0 radical (unpaired) electrons. The highest BCUT2D eigenvalue weighted by Gasteiger charge is 2.26. The van der Waals surface area contributed by atoms with Gasteiger partial charge in [0.1, 0.15) is 0 Å². The van der Waals surface area contributed by atoms with Crippen LogP contribution >= 0.6 is 0 Å². The topological polar surface area (TPSA) is 96.0 Å². The molecule has 0 atom stereocenters. The molecule has 0 aliphatic carbocycles. The Kier molecular flexibility index (Phi) is 13.0. The van der Waals surface area contributed by atoms with Crippen LogP contribution in [0.15, 0.2) is 41.3 Å². The summed E-state index contributed by atoms with van der Waals surface area (Å²) in [6.45, 7) is 5.30. The fourth-order valence-electron chi connectivity index (χ4n) is 3.91. The molecule has 1 fully saturated rings. The number of ether oxygens (including phenoxy) is 6. The second-order valence-corrected chi connectivity index (χ2v) is 10.5. The van der Waals surface area contributed by atoms with Gasteiger partial charge in [0.2, 0.25) is 10.0 Å². The van der Waals surface area contributed by atoms with Crippen LogP contribution in [0, 0.1) is 0 Å². The minimum absolute atomic E-state index is 0.201. The molecule has 1 aliphatic rings. The van der Waals surface area contributed by atoms with Crippen molar-refractivity contribution in [2.45, 2.75) is 4.90 Å². The zero-order valence-electron chi connectivity index (χ0n) is 21.9. The van der Waals surface area contributed by atoms with Gasteiger partial charge >= 0.3 is 0 Å². The Hall–Kier alpha value is -1.83. The van der Waals surface area contributed by atoms with Gasteiger partial charge in [0, 0.05) is 43.6 Å². The highest BCUT2D eigenvalue weighted by Crippen LogP contribution is 2.31. The van der Waals surface area contributed by atoms with Gasteiger partial charge < -0.3 is 33.3 Å². The Labute approximate surface area is 220 Å². The van der Waals surface area contributed by atoms with Gasteiger partial charge in [0.05, 0.1) is 84.2 Å². The van der Waals surface area contributed by atoms with Gasteiger partial charge in [-0.05, 0) is 12.1 Å². The van der Waals surface area contributed by atoms with Gasteiger partial charge in [-0.15, -0.1) is 0 Å². The standard InChI is InChI=1S/C26H40N2O8S/c1-27(2)25-7-3-6-24-23(25)5-4-8-26(24)37(29,30)28-9-11-31-13-15-33-17-19-35-21-22-36-20-18-34-16-14-32-12-10-28/h3-8H,9-22H2,1-2H3. The van der Waals surface area contributed by atoms with Crippen LogP contribution in [0.2, 0.25) is 0 Å². The SMILES string of the molecule is CN(C)c1cccc2c(S(=O)(=O)N3CCOCCOCCOCCOCCOCCOCC3)cccc12. The van der Waals surface area contributed by atoms with Crippen molar-refractivity contribution in [3.63, 3.8) is 0 Å². The molecule has 37 heavy (non-hydrogen) atoms. The summed E-state index contributed by atoms with van der Waals surface area (Å²) in [5.41, 5.74) is 0.957. The molecule has 2 aromatic rings. The highest BCUT2D eigenvalue weighted by molar-refractivity contribution is 7.89. The summed E-state index contributed by atoms with van der Waals surface area (Å²) in [5, 5.41) is 1.57. The third-order valence-corrected chi connectivity index (χ3v) is 7.75. The van der Waals surface area contributed by atoms with E-state index in [0.29, 0.717) is 71.5 Å². The Morgan fingerprint density at radius 3 is 1.46 bits per heavy atom. The predicted molar refractivity (Wildman–Crippen MR) is 142 cm³/mol. The Morgan fingerprint density at radius 2 is 1.00 bits per heavy atom. The maximum atomic E-state index is 13.8. The number of anilines is 1. The smallest absolute Gasteiger partial charge is 0.243 e. The lowest BCUT2D eigenvalue weighted by Gasteiger charge is -2.24. The number of hydrogen-bond acceptors (Lipinski definition) is 9. The highest BCUT2D eigenvalue weighted by atomic mass is 32.2. The average molecular weight is 541 g/mol. The van der Waals surface area contributed by atoms with Crippen LogP contribution in [0.4, 0.5) is 5.69 Å². The first-order valence-electron chi connectivity index (χ1n) is 12.7. The van der Waals surface area contributed by atoms with Gasteiger partial charge in [0.25, 0.3) is 0 Å². The van der Waals surface area contributed by atoms with Crippen molar-refractivity contribution in [3.05, 3.63) is 36.4 Å². The van der Waals surface area contributed by atoms with E-state index in [1.165, 1.54) is 4.31 Å². The van der Waals surface area contributed by atoms with E-state index >= 15 is 0 Å². The monoisotopic (exact) mass is 540 g/mol. The van der Waals surface area contributed by atoms with E-state index in [9.17, 15) is 8.42 Å². The third-order valence-electron chi connectivity index (χ3n) is 5.79. The molecule has 0 unspecified atom stereocenters. The van der Waals surface area contributed by atoms with E-state index in [-0.39, 0.29) is 31.2 Å². The molecular formula is C26H40N2O8S. The Balaban J connectivity index is 1.70. The van der Waals surface area contributed by atoms with Gasteiger partial charge in [-0.3, -0.25) is 0 Å². The first-order chi connectivity index (χ1) is 18.0. The summed E-state index contributed by atoms with van der Waals surface area (Å²) in [4.78, 5) is 2.25. The van der Waals surface area contributed by atoms with E-state index in [1.54, 1.807) is 12.1 Å². The number of hydrogen-bond donors (Lipinski definition) is 0. The molecule has 2 aromatic carbocycles. The van der Waals surface area contributed by atoms with Crippen LogP contribution in [0.5, 0.6) is 0 Å². The molecule has 0 N–H and O–H groups in total. The fraction of sp³-hybridized carbons (Fsp3) is 0.615. The zero-order valence-corrected chi connectivity index (χ0v) is 22.7. The van der Waals surface area contributed by atoms with Crippen LogP contribution in [0.3, 0.4) is 0 Å². The number of rotatable bonds is 3. The van der Waals surface area contributed by atoms with Crippen molar-refractivity contribution in [2.75, 3.05) is 111 Å². The van der Waals surface area contributed by atoms with Gasteiger partial charge in [0.15, 0.2) is 0 Å². The maximum absolute atomic E-state index is 13.8. The van der Waals surface area contributed by atoms with E-state index in [1.807, 2.05) is 43.3 Å². The molecule has 11 heteroatoms. The number of benzene rings is 2. The molecule has 3 rings (SSSR count). The van der Waals surface area contributed by atoms with Crippen molar-refractivity contribution < 1.29 is 36.8 Å². The van der Waals surface area contributed by atoms with Crippen LogP contribution in [-0.2, 0) is 38.4 Å². The van der Waals surface area contributed by atoms with E-state index in [4.69, 9.17) is 28.4 Å². The lowest BCUT2D eigenvalue weighted by Crippen LogP contribution is -2.37. The molecule has 0 bridgehead atoms. The number of sulfonamides is 1. The number of fused-ring (bicyclic) bond motifs is 1. The average Bonchev–Trinajstić information content (AvgIpc) is 2.89. The van der Waals surface area contributed by atoms with E-state index < -0.39 is 10.0 Å². The fourth-order valence-corrected chi connectivity index (χ4v) is 5.52. The first-order valence-corrected chi connectivity index (χ1v) is 14.1. The quantitative estimate of drug-likeness (QED) is 0.579. The summed E-state index contributed by atoms with van der Waals surface area (Å²) in [6.07, 6.45) is 0. The predicted octanol–water partition coefficient (Wildman–Crippen LogP) is 2.01. The second kappa shape index (κ2) is 16.2. The largest absolute Gasteiger partial charge is 0.378 e. The third kappa shape index (κ3) is 9.45. The van der Waals surface area contributed by atoms with Gasteiger partial charge in [-0.2, -0.15) is 4.31 Å². The minimum atomic E-state index is -3.81. The lowest BCUT2D eigenvalue weighted by atomic mass is 10.1. The molecule has 1 heterocycles. The second-order valence-electron chi connectivity index (χ2n) is 8.60. The van der Waals surface area contributed by atoms with Crippen molar-refractivity contribution in [1.82, 2.24) is 4.31 Å². The van der Waals surface area contributed by atoms with Crippen molar-refractivity contribution in [3.8, 4) is 0 Å². The van der Waals surface area contributed by atoms with E-state index in [0.717, 1.165) is 11.1 Å². The van der Waals surface area contributed by atoms with Crippen LogP contribution in [-0.4, -0.2) is 119 Å². The summed E-state index contributed by atoms with van der Waals surface area (Å²) >= 11 is 0. The lowest BCUT2D eigenvalue weighted by molar-refractivity contribution is -0.0152. The normalized spacial score (nSPS) is 19.7. The summed E-state index contributed by atoms with van der Waals surface area (Å²) in [6, 6.07) is 11.1. The number of nitrogens with zero attached hydrogens (tertiary/aromatic N) is 2. The summed E-state index contributed by atoms with van der Waals surface area (Å²) < 4.78 is 62.4. The van der Waals surface area contributed by atoms with Crippen molar-refractivity contribution in [1.29, 1.82) is 0 Å². The molecule has 208 valence electrons. The van der Waals surface area contributed by atoms with Crippen LogP contribution in [0.25, 0.3) is 10.8 Å². The summed E-state index contributed by atoms with van der Waals surface area (Å²) in [7, 11) is 0.0715. The molecule has 0 saturated carbocycles. The van der Waals surface area contributed by atoms with Crippen molar-refractivity contribution >= 4 is 26.5 Å². The molecule has 0 amide bonds. The molecular weight excluding hydrogens is 500 g/mol. The van der Waals surface area contributed by atoms with Crippen molar-refractivity contribution in [2.24, 2.45) is 0 Å². The molecule has 10 nitrogen and oxygen atoms in total. The maximum Gasteiger partial charge on any atom is 0.243 e. The Morgan fingerprint density at radius 1 is 0.595 bits per heavy atom. The molecule has 1 aliphatic heterocycles.